The van der Waals surface area contributed by atoms with Gasteiger partial charge in [-0.3, -0.25) is 14.9 Å². The summed E-state index contributed by atoms with van der Waals surface area (Å²) < 4.78 is 5.11. The standard InChI is InChI=1S/C16H13N3O4/c17-9-10-23-15-7-3-13(4-8-15)18-16(20)11-12-1-5-14(6-2-12)19(21)22/h1-8H,10-11H2,(H,18,20). The van der Waals surface area contributed by atoms with E-state index in [2.05, 4.69) is 5.32 Å². The summed E-state index contributed by atoms with van der Waals surface area (Å²) >= 11 is 0. The molecule has 0 heterocycles. The van der Waals surface area contributed by atoms with Crippen molar-refractivity contribution in [3.05, 3.63) is 64.2 Å². The van der Waals surface area contributed by atoms with Gasteiger partial charge in [-0.2, -0.15) is 5.26 Å². The highest BCUT2D eigenvalue weighted by Crippen LogP contribution is 2.16. The molecule has 7 nitrogen and oxygen atoms in total. The van der Waals surface area contributed by atoms with Crippen LogP contribution in [0.5, 0.6) is 5.75 Å². The quantitative estimate of drug-likeness (QED) is 0.652. The van der Waals surface area contributed by atoms with Crippen LogP contribution in [-0.2, 0) is 11.2 Å². The molecular weight excluding hydrogens is 298 g/mol. The molecule has 1 amide bonds. The van der Waals surface area contributed by atoms with Gasteiger partial charge in [-0.1, -0.05) is 12.1 Å². The Morgan fingerprint density at radius 1 is 1.17 bits per heavy atom. The molecule has 0 unspecified atom stereocenters. The van der Waals surface area contributed by atoms with Gasteiger partial charge in [0.2, 0.25) is 5.91 Å². The smallest absolute Gasteiger partial charge is 0.269 e. The van der Waals surface area contributed by atoms with Gasteiger partial charge in [0.05, 0.1) is 11.3 Å². The van der Waals surface area contributed by atoms with Crippen molar-refractivity contribution in [3.8, 4) is 11.8 Å². The summed E-state index contributed by atoms with van der Waals surface area (Å²) in [7, 11) is 0. The molecule has 0 spiro atoms. The van der Waals surface area contributed by atoms with Gasteiger partial charge in [0, 0.05) is 17.8 Å². The molecule has 0 bridgehead atoms. The Morgan fingerprint density at radius 3 is 2.39 bits per heavy atom. The second-order valence-electron chi connectivity index (χ2n) is 4.62. The molecule has 0 aromatic heterocycles. The van der Waals surface area contributed by atoms with E-state index in [1.54, 1.807) is 36.4 Å². The first-order valence-corrected chi connectivity index (χ1v) is 6.71. The van der Waals surface area contributed by atoms with Gasteiger partial charge in [-0.15, -0.1) is 0 Å². The van der Waals surface area contributed by atoms with Crippen molar-refractivity contribution >= 4 is 17.3 Å². The molecular formula is C16H13N3O4. The fraction of sp³-hybridized carbons (Fsp3) is 0.125. The van der Waals surface area contributed by atoms with Crippen LogP contribution in [-0.4, -0.2) is 17.4 Å². The first-order chi connectivity index (χ1) is 11.1. The summed E-state index contributed by atoms with van der Waals surface area (Å²) in [4.78, 5) is 22.0. The van der Waals surface area contributed by atoms with Crippen LogP contribution in [0.2, 0.25) is 0 Å². The van der Waals surface area contributed by atoms with Crippen LogP contribution >= 0.6 is 0 Å². The number of hydrogen-bond acceptors (Lipinski definition) is 5. The fourth-order valence-corrected chi connectivity index (χ4v) is 1.88. The van der Waals surface area contributed by atoms with Crippen molar-refractivity contribution in [3.63, 3.8) is 0 Å². The number of rotatable bonds is 6. The molecule has 7 heteroatoms. The van der Waals surface area contributed by atoms with Crippen LogP contribution < -0.4 is 10.1 Å². The molecule has 0 aliphatic heterocycles. The Morgan fingerprint density at radius 2 is 1.83 bits per heavy atom. The summed E-state index contributed by atoms with van der Waals surface area (Å²) in [5.41, 5.74) is 1.27. The lowest BCUT2D eigenvalue weighted by molar-refractivity contribution is -0.384. The number of amides is 1. The molecule has 0 fully saturated rings. The number of nitriles is 1. The minimum Gasteiger partial charge on any atom is -0.479 e. The number of nitrogens with one attached hydrogen (secondary N) is 1. The third-order valence-corrected chi connectivity index (χ3v) is 2.95. The predicted molar refractivity (Wildman–Crippen MR) is 83.0 cm³/mol. The Hall–Kier alpha value is -3.40. The number of ether oxygens (including phenoxy) is 1. The average molecular weight is 311 g/mol. The second-order valence-corrected chi connectivity index (χ2v) is 4.62. The van der Waals surface area contributed by atoms with E-state index in [4.69, 9.17) is 10.00 Å². The van der Waals surface area contributed by atoms with Crippen LogP contribution in [0.1, 0.15) is 5.56 Å². The maximum absolute atomic E-state index is 11.9. The molecule has 0 aliphatic rings. The van der Waals surface area contributed by atoms with Crippen LogP contribution in [0.3, 0.4) is 0 Å². The van der Waals surface area contributed by atoms with Crippen LogP contribution in [0.15, 0.2) is 48.5 Å². The Kier molecular flexibility index (Phi) is 5.25. The van der Waals surface area contributed by atoms with E-state index in [9.17, 15) is 14.9 Å². The van der Waals surface area contributed by atoms with E-state index in [0.717, 1.165) is 0 Å². The number of non-ortho nitro benzene ring substituents is 1. The number of carbonyl (C=O) groups excluding carboxylic acids is 1. The summed E-state index contributed by atoms with van der Waals surface area (Å²) in [5.74, 6) is 0.310. The van der Waals surface area contributed by atoms with Crippen molar-refractivity contribution in [2.45, 2.75) is 6.42 Å². The predicted octanol–water partition coefficient (Wildman–Crippen LogP) is 2.68. The molecule has 2 aromatic rings. The van der Waals surface area contributed by atoms with E-state index >= 15 is 0 Å². The Bertz CT molecular complexity index is 733. The van der Waals surface area contributed by atoms with Crippen molar-refractivity contribution in [1.82, 2.24) is 0 Å². The molecule has 2 rings (SSSR count). The molecule has 0 saturated heterocycles. The summed E-state index contributed by atoms with van der Waals surface area (Å²) in [6.07, 6.45) is 0.116. The Balaban J connectivity index is 1.91. The van der Waals surface area contributed by atoms with Gasteiger partial charge in [-0.25, -0.2) is 0 Å². The lowest BCUT2D eigenvalue weighted by Crippen LogP contribution is -2.14. The molecule has 0 aliphatic carbocycles. The zero-order valence-electron chi connectivity index (χ0n) is 12.1. The number of nitrogens with zero attached hydrogens (tertiary/aromatic N) is 2. The SMILES string of the molecule is N#CCOc1ccc(NC(=O)Cc2ccc([N+](=O)[O-])cc2)cc1. The Labute approximate surface area is 132 Å². The number of nitro groups is 1. The van der Waals surface area contributed by atoms with Crippen LogP contribution in [0.4, 0.5) is 11.4 Å². The number of anilines is 1. The zero-order chi connectivity index (χ0) is 16.7. The normalized spacial score (nSPS) is 9.70. The molecule has 0 atom stereocenters. The summed E-state index contributed by atoms with van der Waals surface area (Å²) in [5, 5.41) is 21.7. The summed E-state index contributed by atoms with van der Waals surface area (Å²) in [6, 6.07) is 14.3. The van der Waals surface area contributed by atoms with Gasteiger partial charge in [0.25, 0.3) is 5.69 Å². The third kappa shape index (κ3) is 4.82. The molecule has 1 N–H and O–H groups in total. The maximum Gasteiger partial charge on any atom is 0.269 e. The fourth-order valence-electron chi connectivity index (χ4n) is 1.88. The largest absolute Gasteiger partial charge is 0.479 e. The van der Waals surface area contributed by atoms with Gasteiger partial charge >= 0.3 is 0 Å². The van der Waals surface area contributed by atoms with Gasteiger partial charge in [-0.05, 0) is 29.8 Å². The van der Waals surface area contributed by atoms with Gasteiger partial charge in [0.15, 0.2) is 6.61 Å². The molecule has 23 heavy (non-hydrogen) atoms. The average Bonchev–Trinajstić information content (AvgIpc) is 2.54. The van der Waals surface area contributed by atoms with Gasteiger partial charge in [0.1, 0.15) is 11.8 Å². The van der Waals surface area contributed by atoms with Gasteiger partial charge < -0.3 is 10.1 Å². The zero-order valence-corrected chi connectivity index (χ0v) is 12.1. The van der Waals surface area contributed by atoms with Crippen LogP contribution in [0, 0.1) is 21.4 Å². The minimum absolute atomic E-state index is 0.0119. The highest BCUT2D eigenvalue weighted by molar-refractivity contribution is 5.92. The number of carbonyl (C=O) groups is 1. The van der Waals surface area contributed by atoms with E-state index in [1.807, 2.05) is 6.07 Å². The van der Waals surface area contributed by atoms with E-state index < -0.39 is 4.92 Å². The van der Waals surface area contributed by atoms with E-state index in [0.29, 0.717) is 17.0 Å². The first kappa shape index (κ1) is 16.0. The molecule has 116 valence electrons. The van der Waals surface area contributed by atoms with Crippen molar-refractivity contribution < 1.29 is 14.5 Å². The number of hydrogen-bond donors (Lipinski definition) is 1. The van der Waals surface area contributed by atoms with Crippen LogP contribution in [0.25, 0.3) is 0 Å². The lowest BCUT2D eigenvalue weighted by Gasteiger charge is -2.07. The highest BCUT2D eigenvalue weighted by Gasteiger charge is 2.08. The molecule has 0 radical (unpaired) electrons. The second kappa shape index (κ2) is 7.56. The third-order valence-electron chi connectivity index (χ3n) is 2.95. The van der Waals surface area contributed by atoms with E-state index in [-0.39, 0.29) is 24.6 Å². The van der Waals surface area contributed by atoms with Crippen molar-refractivity contribution in [1.29, 1.82) is 5.26 Å². The van der Waals surface area contributed by atoms with Crippen molar-refractivity contribution in [2.75, 3.05) is 11.9 Å². The molecule has 0 saturated carbocycles. The maximum atomic E-state index is 11.9. The number of benzene rings is 2. The lowest BCUT2D eigenvalue weighted by atomic mass is 10.1. The molecule has 2 aromatic carbocycles. The first-order valence-electron chi connectivity index (χ1n) is 6.71. The minimum atomic E-state index is -0.486. The summed E-state index contributed by atoms with van der Waals surface area (Å²) in [6.45, 7) is -0.0359. The van der Waals surface area contributed by atoms with Crippen molar-refractivity contribution in [2.24, 2.45) is 0 Å². The monoisotopic (exact) mass is 311 g/mol. The topological polar surface area (TPSA) is 105 Å². The highest BCUT2D eigenvalue weighted by atomic mass is 16.6. The number of nitro benzene ring substituents is 1. The van der Waals surface area contributed by atoms with E-state index in [1.165, 1.54) is 12.1 Å².